The monoisotopic (exact) mass is 1630 g/mol. The van der Waals surface area contributed by atoms with Crippen LogP contribution in [0, 0.1) is 125 Å². The van der Waals surface area contributed by atoms with E-state index in [4.69, 9.17) is 13.3 Å². The van der Waals surface area contributed by atoms with Gasteiger partial charge in [-0.3, -0.25) is 0 Å². The third-order valence-electron chi connectivity index (χ3n) is 23.3. The minimum absolute atomic E-state index is 0.973. The van der Waals surface area contributed by atoms with Gasteiger partial charge in [0.1, 0.15) is 33.5 Å². The average Bonchev–Trinajstić information content (AvgIpc) is 1.63. The third-order valence-corrected chi connectivity index (χ3v) is 24.4. The van der Waals surface area contributed by atoms with Crippen molar-refractivity contribution in [1.29, 1.82) is 0 Å². The number of rotatable bonds is 2. The molecule has 0 bridgehead atoms. The number of thiophene rings is 1. The molecule has 0 aliphatic rings. The van der Waals surface area contributed by atoms with Crippen LogP contribution in [0.4, 0.5) is 0 Å². The van der Waals surface area contributed by atoms with Crippen LogP contribution in [0.15, 0.2) is 365 Å². The number of hydrogen-bond acceptors (Lipinski definition) is 4. The SMILES string of the molecule is Cc1ccc(C)c2c1oc1ccccc12.Cc1ccc(C)c2ccccc12.Cc1ccc2cc(C)ccc2c1.Cc1ccc2oc3ccc(C)cc3c2c1.Cc1ccc2sc3ccc(C)cc3c2c1.Cc1cccc(-c2ccccc2C)c1.Cc1cccc(C)c1-c1ccccc1.Cc1cccc2c(C)cccc12.Cc1cccc2c1oc1c(C)cccc12. The Labute approximate surface area is 736 Å². The molecule has 4 heteroatoms. The molecule has 0 N–H and O–H groups in total. The molecule has 0 fully saturated rings. The van der Waals surface area contributed by atoms with Crippen molar-refractivity contribution in [1.82, 2.24) is 0 Å². The molecule has 0 unspecified atom stereocenters. The van der Waals surface area contributed by atoms with E-state index in [0.29, 0.717) is 0 Å². The van der Waals surface area contributed by atoms with Gasteiger partial charge in [-0.2, -0.15) is 0 Å². The minimum atomic E-state index is 0.973. The molecule has 0 radical (unpaired) electrons. The lowest BCUT2D eigenvalue weighted by Gasteiger charge is -2.09. The van der Waals surface area contributed by atoms with Gasteiger partial charge < -0.3 is 13.3 Å². The van der Waals surface area contributed by atoms with Crippen molar-refractivity contribution in [3.63, 3.8) is 0 Å². The van der Waals surface area contributed by atoms with Gasteiger partial charge in [0.2, 0.25) is 0 Å². The quantitative estimate of drug-likeness (QED) is 0.173. The molecular weight excluding hydrogens is 1520 g/mol. The fraction of sp³-hybridized carbons (Fsp3) is 0.150. The molecule has 0 aliphatic carbocycles. The number of furan rings is 3. The van der Waals surface area contributed by atoms with Crippen LogP contribution in [0.25, 0.3) is 141 Å². The van der Waals surface area contributed by atoms with E-state index in [1.165, 1.54) is 207 Å². The van der Waals surface area contributed by atoms with Gasteiger partial charge in [-0.15, -0.1) is 11.3 Å². The van der Waals surface area contributed by atoms with Crippen molar-refractivity contribution in [3.8, 4) is 22.3 Å². The number of para-hydroxylation sites is 3. The summed E-state index contributed by atoms with van der Waals surface area (Å²) in [6.45, 7) is 38.4. The lowest BCUT2D eigenvalue weighted by atomic mass is 9.96. The van der Waals surface area contributed by atoms with Gasteiger partial charge in [0.05, 0.1) is 0 Å². The first-order chi connectivity index (χ1) is 59.9. The Bertz CT molecular complexity index is 7050. The van der Waals surface area contributed by atoms with Gasteiger partial charge >= 0.3 is 0 Å². The summed E-state index contributed by atoms with van der Waals surface area (Å²) in [5.41, 5.74) is 34.8. The highest BCUT2D eigenvalue weighted by Gasteiger charge is 2.14. The summed E-state index contributed by atoms with van der Waals surface area (Å²) in [7, 11) is 0. The largest absolute Gasteiger partial charge is 0.456 e. The molecule has 0 saturated carbocycles. The first-order valence-corrected chi connectivity index (χ1v) is 43.9. The van der Waals surface area contributed by atoms with Crippen LogP contribution < -0.4 is 0 Å². The molecule has 18 aromatic carbocycles. The summed E-state index contributed by atoms with van der Waals surface area (Å²) in [4.78, 5) is 0. The van der Waals surface area contributed by atoms with Crippen LogP contribution >= 0.6 is 11.3 Å². The van der Waals surface area contributed by atoms with Gasteiger partial charge in [-0.05, 0) is 295 Å². The van der Waals surface area contributed by atoms with E-state index in [2.05, 4.69) is 452 Å². The summed E-state index contributed by atoms with van der Waals surface area (Å²) < 4.78 is 20.3. The zero-order valence-electron chi connectivity index (χ0n) is 75.1. The van der Waals surface area contributed by atoms with Crippen LogP contribution in [0.2, 0.25) is 0 Å². The van der Waals surface area contributed by atoms with Crippen molar-refractivity contribution in [3.05, 3.63) is 452 Å². The second-order valence-corrected chi connectivity index (χ2v) is 34.5. The first kappa shape index (κ1) is 86.7. The average molecular weight is 1630 g/mol. The standard InChI is InChI=1S/3C14H12O.C14H12S.2C14H14.3C12H12/c1-9-3-5-13-11(7-9)12-8-10(2)4-6-14(12)15-13;1-9-5-3-7-11-12-8-4-6-10(2)14(12)15-13(9)11;1-9-7-8-10(2)14-13(9)11-5-3-4-6-12(11)15-14;1-9-3-5-13-11(7-9)12-8-10(2)4-6-14(12)15-13;1-11-6-5-8-13(10-11)14-9-4-3-7-12(14)2;1-11-7-6-8-12(2)14(11)13-9-4-3-5-10-13;1-9-3-5-12-8-10(2)4-6-11(12)7-9;1-9-5-3-8-12-10(2)6-4-7-11(9)12;1-9-7-8-10(2)12-6-4-3-5-11(9)12/h4*3-8H,1-2H3;2*3-10H,1-2H3;3*3-8H,1-2H3. The van der Waals surface area contributed by atoms with E-state index >= 15 is 0 Å². The Kier molecular flexibility index (Phi) is 27.6. The molecule has 0 aliphatic heterocycles. The van der Waals surface area contributed by atoms with Crippen molar-refractivity contribution in [2.24, 2.45) is 0 Å². The zero-order valence-corrected chi connectivity index (χ0v) is 75.9. The van der Waals surface area contributed by atoms with Crippen molar-refractivity contribution in [2.45, 2.75) is 125 Å². The number of fused-ring (bicyclic) bond motifs is 15. The lowest BCUT2D eigenvalue weighted by molar-refractivity contribution is 0.662. The number of aryl methyl sites for hydroxylation is 18. The van der Waals surface area contributed by atoms with E-state index in [1.807, 2.05) is 35.6 Å². The van der Waals surface area contributed by atoms with Gasteiger partial charge in [-0.1, -0.05) is 336 Å². The van der Waals surface area contributed by atoms with E-state index in [-0.39, 0.29) is 0 Å². The van der Waals surface area contributed by atoms with Crippen LogP contribution in [0.5, 0.6) is 0 Å². The molecule has 0 spiro atoms. The molecule has 0 atom stereocenters. The van der Waals surface area contributed by atoms with Crippen LogP contribution in [0.1, 0.15) is 100 Å². The smallest absolute Gasteiger partial charge is 0.138 e. The van der Waals surface area contributed by atoms with Crippen molar-refractivity contribution >= 4 is 130 Å². The van der Waals surface area contributed by atoms with E-state index in [9.17, 15) is 0 Å². The van der Waals surface area contributed by atoms with Gasteiger partial charge in [0.15, 0.2) is 0 Å². The molecule has 22 rings (SSSR count). The normalized spacial score (nSPS) is 10.8. The predicted molar refractivity (Wildman–Crippen MR) is 541 cm³/mol. The fourth-order valence-electron chi connectivity index (χ4n) is 16.5. The van der Waals surface area contributed by atoms with Crippen molar-refractivity contribution < 1.29 is 13.3 Å². The van der Waals surface area contributed by atoms with Crippen molar-refractivity contribution in [2.75, 3.05) is 0 Å². The highest BCUT2D eigenvalue weighted by molar-refractivity contribution is 7.25. The number of benzene rings is 18. The maximum atomic E-state index is 5.91. The molecule has 22 aromatic rings. The van der Waals surface area contributed by atoms with E-state index < -0.39 is 0 Å². The predicted octanol–water partition coefficient (Wildman–Crippen LogP) is 35.6. The Morgan fingerprint density at radius 2 is 0.516 bits per heavy atom. The second-order valence-electron chi connectivity index (χ2n) is 33.4. The molecule has 4 aromatic heterocycles. The third kappa shape index (κ3) is 20.4. The summed E-state index contributed by atoms with van der Waals surface area (Å²) in [6, 6.07) is 124. The molecule has 0 amide bonds. The maximum absolute atomic E-state index is 5.91. The minimum Gasteiger partial charge on any atom is -0.456 e. The number of hydrogen-bond donors (Lipinski definition) is 0. The van der Waals surface area contributed by atoms with Gasteiger partial charge in [-0.25, -0.2) is 0 Å². The Morgan fingerprint density at radius 1 is 0.177 bits per heavy atom. The Hall–Kier alpha value is -13.6. The zero-order chi connectivity index (χ0) is 87.2. The summed E-state index contributed by atoms with van der Waals surface area (Å²) in [5.74, 6) is 0. The molecule has 4 heterocycles. The van der Waals surface area contributed by atoms with Gasteiger partial charge in [0, 0.05) is 52.5 Å². The molecule has 124 heavy (non-hydrogen) atoms. The Balaban J connectivity index is 0.000000114. The maximum Gasteiger partial charge on any atom is 0.138 e. The van der Waals surface area contributed by atoms with E-state index in [1.54, 1.807) is 0 Å². The molecule has 3 nitrogen and oxygen atoms in total. The Morgan fingerprint density at radius 3 is 1.02 bits per heavy atom. The van der Waals surface area contributed by atoms with E-state index in [0.717, 1.165) is 33.5 Å². The van der Waals surface area contributed by atoms with Gasteiger partial charge in [0.25, 0.3) is 0 Å². The molecular formula is C120H112O3S. The summed E-state index contributed by atoms with van der Waals surface area (Å²) >= 11 is 1.88. The second kappa shape index (κ2) is 39.5. The fourth-order valence-corrected chi connectivity index (χ4v) is 17.6. The first-order valence-electron chi connectivity index (χ1n) is 43.1. The van der Waals surface area contributed by atoms with Crippen LogP contribution in [0.3, 0.4) is 0 Å². The topological polar surface area (TPSA) is 39.4 Å². The molecule has 0 saturated heterocycles. The van der Waals surface area contributed by atoms with Crippen LogP contribution in [-0.2, 0) is 0 Å². The summed E-state index contributed by atoms with van der Waals surface area (Å²) in [5, 5.41) is 18.3. The highest BCUT2D eigenvalue weighted by Crippen LogP contribution is 2.38. The molecule has 616 valence electrons. The lowest BCUT2D eigenvalue weighted by Crippen LogP contribution is -1.86. The van der Waals surface area contributed by atoms with Crippen LogP contribution in [-0.4, -0.2) is 0 Å². The highest BCUT2D eigenvalue weighted by atomic mass is 32.1. The summed E-state index contributed by atoms with van der Waals surface area (Å²) in [6.07, 6.45) is 0.